The van der Waals surface area contributed by atoms with E-state index in [1.165, 1.54) is 4.68 Å². The van der Waals surface area contributed by atoms with Gasteiger partial charge in [0.15, 0.2) is 11.5 Å². The third-order valence-corrected chi connectivity index (χ3v) is 5.98. The van der Waals surface area contributed by atoms with Crippen LogP contribution in [0.5, 0.6) is 11.5 Å². The number of ether oxygens (including phenoxy) is 2. The molecule has 0 radical (unpaired) electrons. The molecule has 0 aliphatic rings. The van der Waals surface area contributed by atoms with Gasteiger partial charge < -0.3 is 14.8 Å². The Bertz CT molecular complexity index is 1620. The minimum absolute atomic E-state index is 0.193. The van der Waals surface area contributed by atoms with Crippen LogP contribution in [0.3, 0.4) is 0 Å². The molecule has 5 aromatic rings. The zero-order valence-electron chi connectivity index (χ0n) is 19.6. The number of methoxy groups -OCH3 is 2. The quantitative estimate of drug-likeness (QED) is 0.391. The number of nitrogens with zero attached hydrogens (tertiary/aromatic N) is 2. The van der Waals surface area contributed by atoms with Crippen LogP contribution in [0.2, 0.25) is 0 Å². The van der Waals surface area contributed by atoms with Crippen LogP contribution in [-0.4, -0.2) is 34.9 Å². The number of aromatic amines is 1. The van der Waals surface area contributed by atoms with Gasteiger partial charge in [-0.05, 0) is 55.0 Å². The number of amides is 1. The number of hydrogen-bond donors (Lipinski definition) is 2. The molecule has 0 unspecified atom stereocenters. The van der Waals surface area contributed by atoms with E-state index in [0.29, 0.717) is 45.4 Å². The Morgan fingerprint density at radius 1 is 0.971 bits per heavy atom. The van der Waals surface area contributed by atoms with Crippen LogP contribution in [0, 0.1) is 6.92 Å². The number of pyridine rings is 1. The zero-order chi connectivity index (χ0) is 24.5. The van der Waals surface area contributed by atoms with Gasteiger partial charge in [0.05, 0.1) is 36.3 Å². The fourth-order valence-electron chi connectivity index (χ4n) is 4.05. The van der Waals surface area contributed by atoms with Crippen molar-refractivity contribution in [3.05, 3.63) is 93.9 Å². The summed E-state index contributed by atoms with van der Waals surface area (Å²) in [5, 5.41) is 7.29. The summed E-state index contributed by atoms with van der Waals surface area (Å²) in [5.41, 5.74) is 4.31. The highest BCUT2D eigenvalue weighted by molar-refractivity contribution is 6.06. The molecule has 0 bridgehead atoms. The molecule has 8 nitrogen and oxygen atoms in total. The first-order valence-corrected chi connectivity index (χ1v) is 11.1. The van der Waals surface area contributed by atoms with Crippen molar-refractivity contribution in [3.63, 3.8) is 0 Å². The van der Waals surface area contributed by atoms with E-state index in [1.807, 2.05) is 43.3 Å². The van der Waals surface area contributed by atoms with Gasteiger partial charge in [0.2, 0.25) is 0 Å². The van der Waals surface area contributed by atoms with Crippen LogP contribution >= 0.6 is 0 Å². The molecule has 0 aliphatic heterocycles. The lowest BCUT2D eigenvalue weighted by Gasteiger charge is -2.10. The molecule has 176 valence electrons. The lowest BCUT2D eigenvalue weighted by molar-refractivity contribution is 0.0951. The van der Waals surface area contributed by atoms with E-state index in [0.717, 1.165) is 16.8 Å². The smallest absolute Gasteiger partial charge is 0.280 e. The van der Waals surface area contributed by atoms with Gasteiger partial charge in [-0.15, -0.1) is 0 Å². The van der Waals surface area contributed by atoms with Crippen molar-refractivity contribution in [2.45, 2.75) is 13.5 Å². The monoisotopic (exact) mass is 468 g/mol. The molecule has 0 atom stereocenters. The summed E-state index contributed by atoms with van der Waals surface area (Å²) in [4.78, 5) is 30.4. The standard InChI is InChI=1S/C27H24N4O4/c1-16-4-8-19(9-5-16)31-27(33)21-15-28-22-10-7-18(13-20(22)25(21)30-31)26(32)29-14-17-6-11-23(34-2)24(12-17)35-3/h4-13,15,30H,14H2,1-3H3,(H,29,32). The fraction of sp³-hybridized carbons (Fsp3) is 0.148. The Kier molecular flexibility index (Phi) is 5.70. The van der Waals surface area contributed by atoms with E-state index in [2.05, 4.69) is 15.4 Å². The topological polar surface area (TPSA) is 98.2 Å². The fourth-order valence-corrected chi connectivity index (χ4v) is 4.05. The third-order valence-electron chi connectivity index (χ3n) is 5.98. The van der Waals surface area contributed by atoms with Crippen molar-refractivity contribution in [1.29, 1.82) is 0 Å². The van der Waals surface area contributed by atoms with Crippen LogP contribution in [0.15, 0.2) is 71.7 Å². The average Bonchev–Trinajstić information content (AvgIpc) is 3.23. The Morgan fingerprint density at radius 3 is 2.49 bits per heavy atom. The highest BCUT2D eigenvalue weighted by atomic mass is 16.5. The Hall–Kier alpha value is -4.59. The first kappa shape index (κ1) is 22.2. The first-order valence-electron chi connectivity index (χ1n) is 11.1. The second-order valence-electron chi connectivity index (χ2n) is 8.24. The molecule has 0 saturated heterocycles. The second-order valence-corrected chi connectivity index (χ2v) is 8.24. The Balaban J connectivity index is 1.46. The molecule has 1 amide bonds. The largest absolute Gasteiger partial charge is 0.493 e. The maximum atomic E-state index is 13.0. The van der Waals surface area contributed by atoms with Crippen molar-refractivity contribution in [1.82, 2.24) is 20.1 Å². The Morgan fingerprint density at radius 2 is 1.74 bits per heavy atom. The number of H-pyrrole nitrogens is 1. The Labute approximate surface area is 201 Å². The van der Waals surface area contributed by atoms with Gasteiger partial charge in [-0.1, -0.05) is 23.8 Å². The number of aromatic nitrogens is 3. The van der Waals surface area contributed by atoms with Gasteiger partial charge in [0, 0.05) is 23.7 Å². The molecule has 0 aliphatic carbocycles. The minimum Gasteiger partial charge on any atom is -0.493 e. The van der Waals surface area contributed by atoms with Gasteiger partial charge in [-0.25, -0.2) is 4.68 Å². The lowest BCUT2D eigenvalue weighted by Crippen LogP contribution is -2.22. The minimum atomic E-state index is -0.237. The molecule has 3 aromatic carbocycles. The molecule has 0 saturated carbocycles. The van der Waals surface area contributed by atoms with Crippen molar-refractivity contribution in [3.8, 4) is 17.2 Å². The van der Waals surface area contributed by atoms with E-state index in [-0.39, 0.29) is 11.5 Å². The highest BCUT2D eigenvalue weighted by Crippen LogP contribution is 2.27. The maximum absolute atomic E-state index is 13.0. The molecule has 8 heteroatoms. The number of aryl methyl sites for hydroxylation is 1. The third kappa shape index (κ3) is 4.10. The summed E-state index contributed by atoms with van der Waals surface area (Å²) in [6, 6.07) is 18.4. The van der Waals surface area contributed by atoms with Gasteiger partial charge in [-0.3, -0.25) is 19.7 Å². The van der Waals surface area contributed by atoms with Gasteiger partial charge >= 0.3 is 0 Å². The molecule has 5 rings (SSSR count). The summed E-state index contributed by atoms with van der Waals surface area (Å²) in [7, 11) is 3.15. The first-order chi connectivity index (χ1) is 17.0. The number of benzene rings is 3. The van der Waals surface area contributed by atoms with Gasteiger partial charge in [0.25, 0.3) is 11.5 Å². The van der Waals surface area contributed by atoms with E-state index in [1.54, 1.807) is 44.7 Å². The number of nitrogens with one attached hydrogen (secondary N) is 2. The summed E-state index contributed by atoms with van der Waals surface area (Å²) in [6.07, 6.45) is 1.57. The van der Waals surface area contributed by atoms with E-state index >= 15 is 0 Å². The summed E-state index contributed by atoms with van der Waals surface area (Å²) < 4.78 is 12.1. The molecule has 2 N–H and O–H groups in total. The summed E-state index contributed by atoms with van der Waals surface area (Å²) >= 11 is 0. The molecular weight excluding hydrogens is 444 g/mol. The SMILES string of the molecule is COc1ccc(CNC(=O)c2ccc3ncc4c(=O)n(-c5ccc(C)cc5)[nH]c4c3c2)cc1OC. The second kappa shape index (κ2) is 8.98. The summed E-state index contributed by atoms with van der Waals surface area (Å²) in [6.45, 7) is 2.31. The van der Waals surface area contributed by atoms with E-state index in [9.17, 15) is 9.59 Å². The molecule has 2 aromatic heterocycles. The molecule has 0 fully saturated rings. The van der Waals surface area contributed by atoms with Crippen LogP contribution in [-0.2, 0) is 6.54 Å². The normalized spacial score (nSPS) is 11.1. The number of carbonyl (C=O) groups excluding carboxylic acids is 1. The van der Waals surface area contributed by atoms with E-state index < -0.39 is 0 Å². The molecular formula is C27H24N4O4. The summed E-state index contributed by atoms with van der Waals surface area (Å²) in [5.74, 6) is 0.986. The van der Waals surface area contributed by atoms with Crippen molar-refractivity contribution in [2.24, 2.45) is 0 Å². The molecule has 35 heavy (non-hydrogen) atoms. The highest BCUT2D eigenvalue weighted by Gasteiger charge is 2.14. The molecule has 0 spiro atoms. The van der Waals surface area contributed by atoms with Crippen LogP contribution in [0.25, 0.3) is 27.5 Å². The van der Waals surface area contributed by atoms with Crippen LogP contribution in [0.4, 0.5) is 0 Å². The van der Waals surface area contributed by atoms with Crippen molar-refractivity contribution in [2.75, 3.05) is 14.2 Å². The molecule has 2 heterocycles. The zero-order valence-corrected chi connectivity index (χ0v) is 19.6. The van der Waals surface area contributed by atoms with Crippen molar-refractivity contribution >= 4 is 27.7 Å². The van der Waals surface area contributed by atoms with Gasteiger partial charge in [0.1, 0.15) is 0 Å². The maximum Gasteiger partial charge on any atom is 0.280 e. The predicted molar refractivity (Wildman–Crippen MR) is 135 cm³/mol. The number of fused-ring (bicyclic) bond motifs is 3. The van der Waals surface area contributed by atoms with Crippen LogP contribution in [0.1, 0.15) is 21.5 Å². The lowest BCUT2D eigenvalue weighted by atomic mass is 10.1. The van der Waals surface area contributed by atoms with Gasteiger partial charge in [-0.2, -0.15) is 0 Å². The number of carbonyl (C=O) groups is 1. The average molecular weight is 469 g/mol. The number of hydrogen-bond acceptors (Lipinski definition) is 5. The van der Waals surface area contributed by atoms with Crippen molar-refractivity contribution < 1.29 is 14.3 Å². The number of rotatable bonds is 6. The predicted octanol–water partition coefficient (Wildman–Crippen LogP) is 4.12. The van der Waals surface area contributed by atoms with E-state index in [4.69, 9.17) is 9.47 Å². The van der Waals surface area contributed by atoms with Crippen LogP contribution < -0.4 is 20.3 Å².